The minimum atomic E-state index is -1.32. The van der Waals surface area contributed by atoms with Crippen molar-refractivity contribution < 1.29 is 23.8 Å². The van der Waals surface area contributed by atoms with Crippen LogP contribution in [0.3, 0.4) is 0 Å². The van der Waals surface area contributed by atoms with E-state index in [1.54, 1.807) is 39.0 Å². The van der Waals surface area contributed by atoms with Crippen molar-refractivity contribution in [3.05, 3.63) is 33.8 Å². The Morgan fingerprint density at radius 2 is 1.74 bits per heavy atom. The number of methoxy groups -OCH3 is 2. The van der Waals surface area contributed by atoms with Gasteiger partial charge in [-0.25, -0.2) is 4.79 Å². The minimum Gasteiger partial charge on any atom is -0.444 e. The van der Waals surface area contributed by atoms with Gasteiger partial charge >= 0.3 is 6.09 Å². The van der Waals surface area contributed by atoms with Gasteiger partial charge in [0.15, 0.2) is 0 Å². The molecule has 27 heavy (non-hydrogen) atoms. The zero-order valence-corrected chi connectivity index (χ0v) is 17.8. The van der Waals surface area contributed by atoms with Crippen molar-refractivity contribution in [2.24, 2.45) is 0 Å². The molecule has 0 aliphatic heterocycles. The lowest BCUT2D eigenvalue weighted by Gasteiger charge is -2.32. The van der Waals surface area contributed by atoms with E-state index in [9.17, 15) is 9.59 Å². The van der Waals surface area contributed by atoms with Gasteiger partial charge in [0.05, 0.1) is 11.6 Å². The standard InChI is InChI=1S/C18H26Cl2N2O5/c1-11(22-16(24)27-17(2,3)4)15(23)21-10-18(25-5,26-6)13-8-7-12(19)9-14(13)20/h7-9,11H,10H2,1-6H3,(H,21,23)(H,22,24). The fourth-order valence-electron chi connectivity index (χ4n) is 2.25. The SMILES string of the molecule is COC(CNC(=O)C(C)NC(=O)OC(C)(C)C)(OC)c1ccc(Cl)cc1Cl. The summed E-state index contributed by atoms with van der Waals surface area (Å²) in [7, 11) is 2.87. The highest BCUT2D eigenvalue weighted by Gasteiger charge is 2.35. The van der Waals surface area contributed by atoms with Crippen LogP contribution in [0.4, 0.5) is 4.79 Å². The fourth-order valence-corrected chi connectivity index (χ4v) is 2.80. The molecule has 0 saturated carbocycles. The summed E-state index contributed by atoms with van der Waals surface area (Å²) in [5, 5.41) is 5.95. The normalized spacial score (nSPS) is 13.0. The number of rotatable bonds is 7. The number of hydrogen-bond donors (Lipinski definition) is 2. The Bertz CT molecular complexity index is 672. The van der Waals surface area contributed by atoms with Crippen LogP contribution in [0.15, 0.2) is 18.2 Å². The first-order valence-electron chi connectivity index (χ1n) is 8.27. The van der Waals surface area contributed by atoms with E-state index in [0.717, 1.165) is 0 Å². The van der Waals surface area contributed by atoms with E-state index >= 15 is 0 Å². The van der Waals surface area contributed by atoms with Crippen molar-refractivity contribution >= 4 is 35.2 Å². The number of benzene rings is 1. The lowest BCUT2D eigenvalue weighted by atomic mass is 10.1. The van der Waals surface area contributed by atoms with Crippen molar-refractivity contribution in [3.8, 4) is 0 Å². The Balaban J connectivity index is 2.81. The van der Waals surface area contributed by atoms with Crippen LogP contribution >= 0.6 is 23.2 Å². The molecule has 1 rings (SSSR count). The molecular weight excluding hydrogens is 395 g/mol. The molecule has 0 aliphatic rings. The maximum atomic E-state index is 12.3. The first kappa shape index (κ1) is 23.5. The van der Waals surface area contributed by atoms with Gasteiger partial charge in [-0.3, -0.25) is 4.79 Å². The van der Waals surface area contributed by atoms with Crippen LogP contribution in [0.5, 0.6) is 0 Å². The monoisotopic (exact) mass is 420 g/mol. The van der Waals surface area contributed by atoms with Crippen molar-refractivity contribution in [1.82, 2.24) is 10.6 Å². The lowest BCUT2D eigenvalue weighted by Crippen LogP contribution is -2.50. The van der Waals surface area contributed by atoms with Gasteiger partial charge in [-0.15, -0.1) is 0 Å². The second-order valence-corrected chi connectivity index (χ2v) is 7.71. The summed E-state index contributed by atoms with van der Waals surface area (Å²) >= 11 is 12.2. The highest BCUT2D eigenvalue weighted by molar-refractivity contribution is 6.35. The Morgan fingerprint density at radius 1 is 1.15 bits per heavy atom. The smallest absolute Gasteiger partial charge is 0.408 e. The zero-order chi connectivity index (χ0) is 20.8. The van der Waals surface area contributed by atoms with Gasteiger partial charge < -0.3 is 24.8 Å². The first-order chi connectivity index (χ1) is 12.4. The van der Waals surface area contributed by atoms with E-state index in [-0.39, 0.29) is 6.54 Å². The summed E-state index contributed by atoms with van der Waals surface area (Å²) in [5.41, 5.74) is -0.154. The second kappa shape index (κ2) is 9.59. The highest BCUT2D eigenvalue weighted by Crippen LogP contribution is 2.33. The average molecular weight is 421 g/mol. The van der Waals surface area contributed by atoms with Gasteiger partial charge in [-0.1, -0.05) is 29.3 Å². The molecule has 0 spiro atoms. The largest absolute Gasteiger partial charge is 0.444 e. The molecule has 1 atom stereocenters. The first-order valence-corrected chi connectivity index (χ1v) is 9.02. The quantitative estimate of drug-likeness (QED) is 0.659. The highest BCUT2D eigenvalue weighted by atomic mass is 35.5. The molecule has 152 valence electrons. The zero-order valence-electron chi connectivity index (χ0n) is 16.3. The molecule has 1 aromatic carbocycles. The van der Waals surface area contributed by atoms with Crippen LogP contribution in [-0.2, 0) is 24.8 Å². The molecule has 2 N–H and O–H groups in total. The van der Waals surface area contributed by atoms with E-state index in [4.69, 9.17) is 37.4 Å². The topological polar surface area (TPSA) is 85.9 Å². The Labute approximate surface area is 169 Å². The van der Waals surface area contributed by atoms with Crippen LogP contribution in [0.25, 0.3) is 0 Å². The number of carbonyl (C=O) groups excluding carboxylic acids is 2. The summed E-state index contributed by atoms with van der Waals surface area (Å²) in [6, 6.07) is 4.03. The maximum Gasteiger partial charge on any atom is 0.408 e. The molecule has 9 heteroatoms. The molecule has 0 radical (unpaired) electrons. The molecule has 0 fully saturated rings. The van der Waals surface area contributed by atoms with Gasteiger partial charge in [0, 0.05) is 24.8 Å². The van der Waals surface area contributed by atoms with Crippen LogP contribution in [-0.4, -0.2) is 44.4 Å². The third-order valence-corrected chi connectivity index (χ3v) is 4.17. The molecule has 0 saturated heterocycles. The van der Waals surface area contributed by atoms with E-state index in [0.29, 0.717) is 15.6 Å². The number of nitrogens with one attached hydrogen (secondary N) is 2. The maximum absolute atomic E-state index is 12.3. The summed E-state index contributed by atoms with van der Waals surface area (Å²) in [6.07, 6.45) is -0.685. The van der Waals surface area contributed by atoms with E-state index in [1.807, 2.05) is 0 Å². The van der Waals surface area contributed by atoms with E-state index in [2.05, 4.69) is 10.6 Å². The van der Waals surface area contributed by atoms with Crippen molar-refractivity contribution in [3.63, 3.8) is 0 Å². The second-order valence-electron chi connectivity index (χ2n) is 6.87. The third kappa shape index (κ3) is 6.84. The number of amides is 2. The van der Waals surface area contributed by atoms with E-state index < -0.39 is 29.4 Å². The predicted octanol–water partition coefficient (Wildman–Crippen LogP) is 3.47. The fraction of sp³-hybridized carbons (Fsp3) is 0.556. The van der Waals surface area contributed by atoms with Gasteiger partial charge in [-0.2, -0.15) is 0 Å². The van der Waals surface area contributed by atoms with E-state index in [1.165, 1.54) is 21.1 Å². The molecule has 0 aliphatic carbocycles. The number of alkyl carbamates (subject to hydrolysis) is 1. The summed E-state index contributed by atoms with van der Waals surface area (Å²) in [6.45, 7) is 6.70. The van der Waals surface area contributed by atoms with Crippen molar-refractivity contribution in [2.75, 3.05) is 20.8 Å². The Morgan fingerprint density at radius 3 is 2.22 bits per heavy atom. The molecule has 0 aromatic heterocycles. The molecule has 2 amide bonds. The van der Waals surface area contributed by atoms with Crippen LogP contribution in [0, 0.1) is 0 Å². The van der Waals surface area contributed by atoms with Gasteiger partial charge in [0.25, 0.3) is 0 Å². The lowest BCUT2D eigenvalue weighted by molar-refractivity contribution is -0.212. The molecular formula is C18H26Cl2N2O5. The number of hydrogen-bond acceptors (Lipinski definition) is 5. The number of ether oxygens (including phenoxy) is 3. The Kier molecular flexibility index (Phi) is 8.35. The van der Waals surface area contributed by atoms with Crippen LogP contribution < -0.4 is 10.6 Å². The van der Waals surface area contributed by atoms with Crippen molar-refractivity contribution in [2.45, 2.75) is 45.1 Å². The number of halogens is 2. The molecule has 1 aromatic rings. The van der Waals surface area contributed by atoms with Gasteiger partial charge in [0.2, 0.25) is 11.7 Å². The average Bonchev–Trinajstić information content (AvgIpc) is 2.55. The Hall–Kier alpha value is -1.54. The molecule has 0 heterocycles. The summed E-state index contributed by atoms with van der Waals surface area (Å²) in [4.78, 5) is 24.1. The third-order valence-electron chi connectivity index (χ3n) is 3.62. The molecule has 1 unspecified atom stereocenters. The van der Waals surface area contributed by atoms with Crippen molar-refractivity contribution in [1.29, 1.82) is 0 Å². The summed E-state index contributed by atoms with van der Waals surface area (Å²) < 4.78 is 16.1. The molecule has 7 nitrogen and oxygen atoms in total. The van der Waals surface area contributed by atoms with Crippen LogP contribution in [0.1, 0.15) is 33.3 Å². The minimum absolute atomic E-state index is 0.0411. The van der Waals surface area contributed by atoms with Gasteiger partial charge in [0.1, 0.15) is 11.6 Å². The van der Waals surface area contributed by atoms with Crippen LogP contribution in [0.2, 0.25) is 10.0 Å². The summed E-state index contributed by atoms with van der Waals surface area (Å²) in [5.74, 6) is -1.76. The molecule has 0 bridgehead atoms. The number of carbonyl (C=O) groups is 2. The van der Waals surface area contributed by atoms with Gasteiger partial charge in [-0.05, 0) is 39.8 Å². The predicted molar refractivity (Wildman–Crippen MR) is 104 cm³/mol.